The van der Waals surface area contributed by atoms with Gasteiger partial charge in [0, 0.05) is 24.5 Å². The minimum Gasteiger partial charge on any atom is -0.328 e. The predicted molar refractivity (Wildman–Crippen MR) is 55.6 cm³/mol. The second kappa shape index (κ2) is 4.29. The third kappa shape index (κ3) is 1.92. The van der Waals surface area contributed by atoms with Crippen LogP contribution in [0.4, 0.5) is 0 Å². The first-order valence-corrected chi connectivity index (χ1v) is 5.69. The Balaban J connectivity index is 1.85. The Bertz CT molecular complexity index is 219. The molecule has 0 radical (unpaired) electrons. The monoisotopic (exact) mass is 193 g/mol. The SMILES string of the molecule is N#CCCCN1[C@@H]2CC[C@H]1CC(N)C2. The first-order valence-electron chi connectivity index (χ1n) is 5.69. The molecule has 3 heteroatoms. The van der Waals surface area contributed by atoms with Gasteiger partial charge in [0.25, 0.3) is 0 Å². The van der Waals surface area contributed by atoms with Gasteiger partial charge in [0.05, 0.1) is 6.07 Å². The Morgan fingerprint density at radius 1 is 1.29 bits per heavy atom. The average molecular weight is 193 g/mol. The maximum absolute atomic E-state index is 8.50. The van der Waals surface area contributed by atoms with E-state index in [2.05, 4.69) is 11.0 Å². The van der Waals surface area contributed by atoms with Crippen molar-refractivity contribution in [1.82, 2.24) is 4.90 Å². The number of unbranched alkanes of at least 4 members (excludes halogenated alkanes) is 1. The van der Waals surface area contributed by atoms with Crippen molar-refractivity contribution < 1.29 is 0 Å². The van der Waals surface area contributed by atoms with Gasteiger partial charge in [-0.15, -0.1) is 0 Å². The van der Waals surface area contributed by atoms with Crippen molar-refractivity contribution in [2.45, 2.75) is 56.7 Å². The van der Waals surface area contributed by atoms with E-state index in [4.69, 9.17) is 11.0 Å². The van der Waals surface area contributed by atoms with Gasteiger partial charge < -0.3 is 5.73 Å². The van der Waals surface area contributed by atoms with Gasteiger partial charge in [0.1, 0.15) is 0 Å². The smallest absolute Gasteiger partial charge is 0.0622 e. The molecule has 0 spiro atoms. The third-order valence-corrected chi connectivity index (χ3v) is 3.63. The largest absolute Gasteiger partial charge is 0.328 e. The van der Waals surface area contributed by atoms with Crippen LogP contribution >= 0.6 is 0 Å². The molecule has 0 aromatic heterocycles. The number of nitrogens with zero attached hydrogens (tertiary/aromatic N) is 2. The minimum absolute atomic E-state index is 0.430. The van der Waals surface area contributed by atoms with Crippen molar-refractivity contribution in [3.63, 3.8) is 0 Å². The molecule has 14 heavy (non-hydrogen) atoms. The summed E-state index contributed by atoms with van der Waals surface area (Å²) in [6, 6.07) is 4.09. The fourth-order valence-corrected chi connectivity index (χ4v) is 3.02. The quantitative estimate of drug-likeness (QED) is 0.686. The van der Waals surface area contributed by atoms with E-state index in [1.165, 1.54) is 25.7 Å². The number of hydrogen-bond acceptors (Lipinski definition) is 3. The second-order valence-corrected chi connectivity index (χ2v) is 4.62. The van der Waals surface area contributed by atoms with Crippen molar-refractivity contribution in [3.05, 3.63) is 0 Å². The lowest BCUT2D eigenvalue weighted by Gasteiger charge is -2.37. The van der Waals surface area contributed by atoms with E-state index in [1.807, 2.05) is 0 Å². The number of nitriles is 1. The molecule has 2 aliphatic heterocycles. The Morgan fingerprint density at radius 2 is 1.93 bits per heavy atom. The molecule has 0 aromatic carbocycles. The van der Waals surface area contributed by atoms with E-state index in [0.717, 1.165) is 25.0 Å². The summed E-state index contributed by atoms with van der Waals surface area (Å²) >= 11 is 0. The molecule has 2 aliphatic rings. The number of rotatable bonds is 3. The summed E-state index contributed by atoms with van der Waals surface area (Å²) in [6.45, 7) is 1.11. The zero-order valence-corrected chi connectivity index (χ0v) is 8.65. The van der Waals surface area contributed by atoms with Crippen molar-refractivity contribution in [3.8, 4) is 6.07 Å². The summed E-state index contributed by atoms with van der Waals surface area (Å²) in [4.78, 5) is 2.60. The number of piperidine rings is 1. The zero-order chi connectivity index (χ0) is 9.97. The van der Waals surface area contributed by atoms with Gasteiger partial charge in [-0.05, 0) is 38.6 Å². The molecule has 78 valence electrons. The van der Waals surface area contributed by atoms with Gasteiger partial charge in [-0.2, -0.15) is 5.26 Å². The molecule has 1 unspecified atom stereocenters. The standard InChI is InChI=1S/C11H19N3/c12-5-1-2-6-14-10-3-4-11(14)8-9(13)7-10/h9-11H,1-4,6-8,13H2/t9?,10-,11+. The van der Waals surface area contributed by atoms with E-state index in [0.29, 0.717) is 12.5 Å². The Morgan fingerprint density at radius 3 is 2.50 bits per heavy atom. The number of hydrogen-bond donors (Lipinski definition) is 1. The topological polar surface area (TPSA) is 53.0 Å². The van der Waals surface area contributed by atoms with E-state index >= 15 is 0 Å². The molecule has 2 saturated heterocycles. The molecule has 3 atom stereocenters. The molecule has 2 fully saturated rings. The summed E-state index contributed by atoms with van der Waals surface area (Å²) in [5, 5.41) is 8.50. The van der Waals surface area contributed by atoms with Gasteiger partial charge in [-0.1, -0.05) is 0 Å². The van der Waals surface area contributed by atoms with Crippen LogP contribution in [0.2, 0.25) is 0 Å². The van der Waals surface area contributed by atoms with Gasteiger partial charge in [0.15, 0.2) is 0 Å². The maximum Gasteiger partial charge on any atom is 0.0622 e. The average Bonchev–Trinajstić information content (AvgIpc) is 2.42. The normalized spacial score (nSPS) is 37.0. The minimum atomic E-state index is 0.430. The molecule has 2 heterocycles. The lowest BCUT2D eigenvalue weighted by Crippen LogP contribution is -2.47. The summed E-state index contributed by atoms with van der Waals surface area (Å²) in [5.41, 5.74) is 5.99. The predicted octanol–water partition coefficient (Wildman–Crippen LogP) is 1.24. The highest BCUT2D eigenvalue weighted by atomic mass is 15.2. The Kier molecular flexibility index (Phi) is 3.05. The van der Waals surface area contributed by atoms with Crippen LogP contribution < -0.4 is 5.73 Å². The molecule has 2 bridgehead atoms. The highest BCUT2D eigenvalue weighted by Gasteiger charge is 2.38. The lowest BCUT2D eigenvalue weighted by atomic mass is 9.98. The molecule has 0 amide bonds. The molecule has 2 rings (SSSR count). The van der Waals surface area contributed by atoms with Crippen LogP contribution in [0.1, 0.15) is 38.5 Å². The molecule has 0 aliphatic carbocycles. The van der Waals surface area contributed by atoms with Crippen LogP contribution in [0.3, 0.4) is 0 Å². The summed E-state index contributed by atoms with van der Waals surface area (Å²) in [5.74, 6) is 0. The molecular weight excluding hydrogens is 174 g/mol. The van der Waals surface area contributed by atoms with E-state index in [9.17, 15) is 0 Å². The summed E-state index contributed by atoms with van der Waals surface area (Å²) in [7, 11) is 0. The van der Waals surface area contributed by atoms with Gasteiger partial charge in [-0.25, -0.2) is 0 Å². The lowest BCUT2D eigenvalue weighted by molar-refractivity contribution is 0.127. The van der Waals surface area contributed by atoms with Crippen molar-refractivity contribution in [2.75, 3.05) is 6.54 Å². The van der Waals surface area contributed by atoms with Crippen LogP contribution in [0, 0.1) is 11.3 Å². The zero-order valence-electron chi connectivity index (χ0n) is 8.65. The summed E-state index contributed by atoms with van der Waals surface area (Å²) in [6.07, 6.45) is 6.71. The van der Waals surface area contributed by atoms with Crippen molar-refractivity contribution >= 4 is 0 Å². The molecule has 2 N–H and O–H groups in total. The fourth-order valence-electron chi connectivity index (χ4n) is 3.02. The number of fused-ring (bicyclic) bond motifs is 2. The van der Waals surface area contributed by atoms with E-state index < -0.39 is 0 Å². The van der Waals surface area contributed by atoms with Crippen LogP contribution in [0.15, 0.2) is 0 Å². The number of nitrogens with two attached hydrogens (primary N) is 1. The summed E-state index contributed by atoms with van der Waals surface area (Å²) < 4.78 is 0. The van der Waals surface area contributed by atoms with Gasteiger partial charge >= 0.3 is 0 Å². The van der Waals surface area contributed by atoms with Gasteiger partial charge in [0.2, 0.25) is 0 Å². The first kappa shape index (κ1) is 9.95. The fraction of sp³-hybridized carbons (Fsp3) is 0.909. The van der Waals surface area contributed by atoms with E-state index in [1.54, 1.807) is 0 Å². The Labute approximate surface area is 85.9 Å². The molecule has 3 nitrogen and oxygen atoms in total. The van der Waals surface area contributed by atoms with Crippen LogP contribution in [-0.4, -0.2) is 29.6 Å². The third-order valence-electron chi connectivity index (χ3n) is 3.63. The molecule has 0 aromatic rings. The van der Waals surface area contributed by atoms with Crippen LogP contribution in [-0.2, 0) is 0 Å². The van der Waals surface area contributed by atoms with Crippen LogP contribution in [0.25, 0.3) is 0 Å². The highest BCUT2D eigenvalue weighted by Crippen LogP contribution is 2.34. The first-order chi connectivity index (χ1) is 6.81. The van der Waals surface area contributed by atoms with Crippen molar-refractivity contribution in [1.29, 1.82) is 5.26 Å². The second-order valence-electron chi connectivity index (χ2n) is 4.62. The van der Waals surface area contributed by atoms with Gasteiger partial charge in [-0.3, -0.25) is 4.90 Å². The van der Waals surface area contributed by atoms with Crippen molar-refractivity contribution in [2.24, 2.45) is 5.73 Å². The molecular formula is C11H19N3. The molecule has 0 saturated carbocycles. The maximum atomic E-state index is 8.50. The van der Waals surface area contributed by atoms with Crippen LogP contribution in [0.5, 0.6) is 0 Å². The highest BCUT2D eigenvalue weighted by molar-refractivity contribution is 4.96. The van der Waals surface area contributed by atoms with E-state index in [-0.39, 0.29) is 0 Å². The Hall–Kier alpha value is -0.590.